The molecule has 6 nitrogen and oxygen atoms in total. The lowest BCUT2D eigenvalue weighted by atomic mass is 9.99. The number of rotatable bonds is 7. The van der Waals surface area contributed by atoms with Gasteiger partial charge in [0.05, 0.1) is 13.2 Å². The number of fused-ring (bicyclic) bond motifs is 1. The van der Waals surface area contributed by atoms with Gasteiger partial charge < -0.3 is 19.1 Å². The summed E-state index contributed by atoms with van der Waals surface area (Å²) in [4.78, 5) is 30.1. The SMILES string of the molecule is CCCN(CC(=O)N1CCn2cccc2C1c1cccc(F)c1)C(=O)c1cccc(OC)c1. The van der Waals surface area contributed by atoms with Crippen LogP contribution in [0.2, 0.25) is 0 Å². The van der Waals surface area contributed by atoms with E-state index in [1.165, 1.54) is 12.1 Å². The first-order chi connectivity index (χ1) is 16.0. The third kappa shape index (κ3) is 4.77. The van der Waals surface area contributed by atoms with Crippen molar-refractivity contribution < 1.29 is 18.7 Å². The molecule has 2 amide bonds. The quantitative estimate of drug-likeness (QED) is 0.545. The minimum atomic E-state index is -0.410. The number of halogens is 1. The van der Waals surface area contributed by atoms with Crippen molar-refractivity contribution in [2.24, 2.45) is 0 Å². The molecule has 1 aromatic heterocycles. The number of hydrogen-bond donors (Lipinski definition) is 0. The van der Waals surface area contributed by atoms with E-state index in [0.29, 0.717) is 36.5 Å². The van der Waals surface area contributed by atoms with Crippen molar-refractivity contribution in [3.05, 3.63) is 89.5 Å². The highest BCUT2D eigenvalue weighted by Gasteiger charge is 2.33. The normalized spacial score (nSPS) is 15.1. The van der Waals surface area contributed by atoms with E-state index in [1.54, 1.807) is 47.2 Å². The zero-order chi connectivity index (χ0) is 23.4. The Morgan fingerprint density at radius 1 is 1.09 bits per heavy atom. The fourth-order valence-corrected chi connectivity index (χ4v) is 4.39. The Kier molecular flexibility index (Phi) is 6.77. The van der Waals surface area contributed by atoms with E-state index >= 15 is 0 Å². The minimum Gasteiger partial charge on any atom is -0.497 e. The van der Waals surface area contributed by atoms with E-state index in [2.05, 4.69) is 4.57 Å². The topological polar surface area (TPSA) is 54.8 Å². The number of aromatic nitrogens is 1. The molecule has 3 aromatic rings. The largest absolute Gasteiger partial charge is 0.497 e. The Morgan fingerprint density at radius 3 is 2.67 bits per heavy atom. The zero-order valence-electron chi connectivity index (χ0n) is 18.9. The van der Waals surface area contributed by atoms with E-state index in [9.17, 15) is 14.0 Å². The van der Waals surface area contributed by atoms with E-state index in [1.807, 2.05) is 31.3 Å². The van der Waals surface area contributed by atoms with Crippen LogP contribution in [0.25, 0.3) is 0 Å². The van der Waals surface area contributed by atoms with Gasteiger partial charge in [-0.05, 0) is 54.4 Å². The first-order valence-electron chi connectivity index (χ1n) is 11.1. The van der Waals surface area contributed by atoms with Crippen LogP contribution >= 0.6 is 0 Å². The standard InChI is InChI=1S/C26H28FN3O3/c1-3-12-29(26(32)20-8-5-10-22(17-20)33-2)18-24(31)30-15-14-28-13-6-11-23(28)25(30)19-7-4-9-21(27)16-19/h4-11,13,16-17,25H,3,12,14-15,18H2,1-2H3. The predicted octanol–water partition coefficient (Wildman–Crippen LogP) is 4.12. The molecule has 0 saturated heterocycles. The second kappa shape index (κ2) is 9.90. The van der Waals surface area contributed by atoms with Gasteiger partial charge in [-0.15, -0.1) is 0 Å². The van der Waals surface area contributed by atoms with Gasteiger partial charge in [0, 0.05) is 37.1 Å². The highest BCUT2D eigenvalue weighted by Crippen LogP contribution is 2.33. The molecule has 7 heteroatoms. The average Bonchev–Trinajstić information content (AvgIpc) is 3.31. The number of nitrogens with zero attached hydrogens (tertiary/aromatic N) is 3. The van der Waals surface area contributed by atoms with Gasteiger partial charge in [0.1, 0.15) is 18.1 Å². The molecule has 172 valence electrons. The Bertz CT molecular complexity index is 1140. The summed E-state index contributed by atoms with van der Waals surface area (Å²) in [5.41, 5.74) is 2.12. The molecule has 1 aliphatic rings. The van der Waals surface area contributed by atoms with Gasteiger partial charge in [-0.25, -0.2) is 4.39 Å². The molecule has 0 aliphatic carbocycles. The van der Waals surface area contributed by atoms with Gasteiger partial charge in [0.2, 0.25) is 5.91 Å². The smallest absolute Gasteiger partial charge is 0.254 e. The molecule has 0 saturated carbocycles. The molecular formula is C26H28FN3O3. The number of ether oxygens (including phenoxy) is 1. The summed E-state index contributed by atoms with van der Waals surface area (Å²) in [7, 11) is 1.55. The molecule has 0 fully saturated rings. The van der Waals surface area contributed by atoms with Crippen LogP contribution in [0.5, 0.6) is 5.75 Å². The van der Waals surface area contributed by atoms with Crippen LogP contribution < -0.4 is 4.74 Å². The number of hydrogen-bond acceptors (Lipinski definition) is 3. The zero-order valence-corrected chi connectivity index (χ0v) is 18.9. The molecule has 0 spiro atoms. The molecule has 2 aromatic carbocycles. The fraction of sp³-hybridized carbons (Fsp3) is 0.308. The van der Waals surface area contributed by atoms with Crippen molar-refractivity contribution in [3.8, 4) is 5.75 Å². The van der Waals surface area contributed by atoms with Crippen molar-refractivity contribution in [1.29, 1.82) is 0 Å². The van der Waals surface area contributed by atoms with Crippen molar-refractivity contribution in [1.82, 2.24) is 14.4 Å². The summed E-state index contributed by atoms with van der Waals surface area (Å²) >= 11 is 0. The maximum absolute atomic E-state index is 14.0. The van der Waals surface area contributed by atoms with E-state index < -0.39 is 6.04 Å². The van der Waals surface area contributed by atoms with Gasteiger partial charge in [0.25, 0.3) is 5.91 Å². The van der Waals surface area contributed by atoms with Crippen molar-refractivity contribution in [3.63, 3.8) is 0 Å². The minimum absolute atomic E-state index is 0.0452. The number of methoxy groups -OCH3 is 1. The van der Waals surface area contributed by atoms with Crippen LogP contribution in [0.3, 0.4) is 0 Å². The first-order valence-corrected chi connectivity index (χ1v) is 11.1. The monoisotopic (exact) mass is 449 g/mol. The number of amides is 2. The maximum Gasteiger partial charge on any atom is 0.254 e. The molecule has 0 bridgehead atoms. The van der Waals surface area contributed by atoms with Crippen molar-refractivity contribution in [2.45, 2.75) is 25.9 Å². The number of carbonyl (C=O) groups excluding carboxylic acids is 2. The molecule has 33 heavy (non-hydrogen) atoms. The van der Waals surface area contributed by atoms with Crippen LogP contribution in [0.1, 0.15) is 41.0 Å². The lowest BCUT2D eigenvalue weighted by Gasteiger charge is -2.38. The molecule has 1 aliphatic heterocycles. The van der Waals surface area contributed by atoms with Gasteiger partial charge in [0.15, 0.2) is 0 Å². The van der Waals surface area contributed by atoms with E-state index in [4.69, 9.17) is 4.74 Å². The first kappa shape index (κ1) is 22.6. The van der Waals surface area contributed by atoms with Crippen LogP contribution in [0.4, 0.5) is 4.39 Å². The average molecular weight is 450 g/mol. The second-order valence-corrected chi connectivity index (χ2v) is 8.13. The maximum atomic E-state index is 14.0. The Morgan fingerprint density at radius 2 is 1.91 bits per heavy atom. The Labute approximate surface area is 193 Å². The van der Waals surface area contributed by atoms with Crippen LogP contribution in [-0.2, 0) is 11.3 Å². The lowest BCUT2D eigenvalue weighted by Crippen LogP contribution is -2.48. The number of carbonyl (C=O) groups is 2. The fourth-order valence-electron chi connectivity index (χ4n) is 4.39. The van der Waals surface area contributed by atoms with E-state index in [0.717, 1.165) is 12.1 Å². The Hall–Kier alpha value is -3.61. The summed E-state index contributed by atoms with van der Waals surface area (Å²) in [6.45, 7) is 3.51. The van der Waals surface area contributed by atoms with Gasteiger partial charge >= 0.3 is 0 Å². The molecule has 0 N–H and O–H groups in total. The summed E-state index contributed by atoms with van der Waals surface area (Å²) in [6, 6.07) is 16.8. The summed E-state index contributed by atoms with van der Waals surface area (Å²) in [5, 5.41) is 0. The predicted molar refractivity (Wildman–Crippen MR) is 124 cm³/mol. The molecule has 1 atom stereocenters. The summed E-state index contributed by atoms with van der Waals surface area (Å²) in [6.07, 6.45) is 2.69. The van der Waals surface area contributed by atoms with Crippen LogP contribution in [0, 0.1) is 5.82 Å². The lowest BCUT2D eigenvalue weighted by molar-refractivity contribution is -0.134. The van der Waals surface area contributed by atoms with Crippen molar-refractivity contribution in [2.75, 3.05) is 26.7 Å². The van der Waals surface area contributed by atoms with Gasteiger partial charge in [-0.3, -0.25) is 9.59 Å². The Balaban J connectivity index is 1.61. The summed E-state index contributed by atoms with van der Waals surface area (Å²) < 4.78 is 21.4. The second-order valence-electron chi connectivity index (χ2n) is 8.13. The van der Waals surface area contributed by atoms with Crippen LogP contribution in [0.15, 0.2) is 66.9 Å². The molecule has 4 rings (SSSR count). The van der Waals surface area contributed by atoms with Crippen LogP contribution in [-0.4, -0.2) is 52.9 Å². The highest BCUT2D eigenvalue weighted by molar-refractivity contribution is 5.97. The van der Waals surface area contributed by atoms with Gasteiger partial charge in [-0.2, -0.15) is 0 Å². The third-order valence-corrected chi connectivity index (χ3v) is 5.95. The van der Waals surface area contributed by atoms with Gasteiger partial charge in [-0.1, -0.05) is 25.1 Å². The number of benzene rings is 2. The third-order valence-electron chi connectivity index (χ3n) is 5.95. The summed E-state index contributed by atoms with van der Waals surface area (Å²) in [5.74, 6) is -0.135. The van der Waals surface area contributed by atoms with E-state index in [-0.39, 0.29) is 24.2 Å². The molecule has 2 heterocycles. The molecule has 0 radical (unpaired) electrons. The molecule has 1 unspecified atom stereocenters. The van der Waals surface area contributed by atoms with Crippen molar-refractivity contribution >= 4 is 11.8 Å². The molecular weight excluding hydrogens is 421 g/mol. The highest BCUT2D eigenvalue weighted by atomic mass is 19.1.